The molecule has 4 bridgehead atoms. The van der Waals surface area contributed by atoms with Crippen molar-refractivity contribution >= 4 is 86.8 Å². The number of amides is 6. The molecule has 0 aliphatic carbocycles. The van der Waals surface area contributed by atoms with E-state index < -0.39 is 120 Å². The number of esters is 2. The fourth-order valence-corrected chi connectivity index (χ4v) is 10.8. The molecule has 3 aliphatic heterocycles. The minimum Gasteiger partial charge on any atom is -0.495 e. The van der Waals surface area contributed by atoms with Crippen molar-refractivity contribution in [1.29, 1.82) is 0 Å². The number of carbonyl (C=O) groups excluding carboxylic acids is 8. The Balaban J connectivity index is 1.31. The first-order chi connectivity index (χ1) is 40.9. The summed E-state index contributed by atoms with van der Waals surface area (Å²) in [6.07, 6.45) is 2.12. The van der Waals surface area contributed by atoms with E-state index in [-0.39, 0.29) is 65.3 Å². The Hall–Kier alpha value is -6.29. The van der Waals surface area contributed by atoms with Gasteiger partial charge in [-0.25, -0.2) is 19.7 Å². The minimum absolute atomic E-state index is 0.0577. The third-order valence-corrected chi connectivity index (χ3v) is 16.8. The number of primary amides is 1. The van der Waals surface area contributed by atoms with E-state index >= 15 is 0 Å². The first-order valence-corrected chi connectivity index (χ1v) is 30.3. The molecule has 2 aromatic rings. The van der Waals surface area contributed by atoms with Crippen LogP contribution in [0.15, 0.2) is 72.4 Å². The van der Waals surface area contributed by atoms with Gasteiger partial charge in [0.2, 0.25) is 24.1 Å². The lowest BCUT2D eigenvalue weighted by Crippen LogP contribution is -2.64. The number of fused-ring (bicyclic) bond motifs is 5. The highest BCUT2D eigenvalue weighted by molar-refractivity contribution is 9.09. The van der Waals surface area contributed by atoms with Crippen molar-refractivity contribution in [1.82, 2.24) is 26.2 Å². The molecule has 2 saturated heterocycles. The lowest BCUT2D eigenvalue weighted by molar-refractivity contribution is -0.263. The average Bonchev–Trinajstić information content (AvgIpc) is 2.12. The number of benzene rings is 2. The molecule has 2 unspecified atom stereocenters. The van der Waals surface area contributed by atoms with Gasteiger partial charge in [0.05, 0.1) is 43.5 Å². The summed E-state index contributed by atoms with van der Waals surface area (Å²) >= 11 is 10.0. The van der Waals surface area contributed by atoms with Crippen LogP contribution in [0, 0.1) is 5.92 Å². The van der Waals surface area contributed by atoms with Crippen LogP contribution in [0.2, 0.25) is 5.02 Å². The number of rotatable bonds is 25. The van der Waals surface area contributed by atoms with Gasteiger partial charge in [-0.2, -0.15) is 0 Å². The van der Waals surface area contributed by atoms with Gasteiger partial charge >= 0.3 is 18.0 Å². The number of likely N-dealkylation sites (N-methyl/N-ethyl adjacent to an activating group) is 1. The second-order valence-electron chi connectivity index (χ2n) is 23.4. The first-order valence-electron chi connectivity index (χ1n) is 28.8. The third kappa shape index (κ3) is 19.9. The molecular weight excluding hydrogens is 1220 g/mol. The highest BCUT2D eigenvalue weighted by atomic mass is 79.9. The second kappa shape index (κ2) is 31.8. The maximum atomic E-state index is 14.4. The Bertz CT molecular complexity index is 2880. The van der Waals surface area contributed by atoms with Crippen LogP contribution < -0.4 is 42.0 Å². The number of ether oxygens (including phenoxy) is 6. The molecule has 0 radical (unpaired) electrons. The van der Waals surface area contributed by atoms with E-state index in [0.717, 1.165) is 16.0 Å². The maximum Gasteiger partial charge on any atom is 0.334 e. The molecule has 6 amide bonds. The van der Waals surface area contributed by atoms with E-state index in [1.54, 1.807) is 58.9 Å². The molecule has 5 rings (SSSR count). The zero-order valence-corrected chi connectivity index (χ0v) is 53.7. The number of hydrogen-bond acceptors (Lipinski definition) is 18. The Labute approximate surface area is 522 Å². The van der Waals surface area contributed by atoms with E-state index in [9.17, 15) is 48.6 Å². The largest absolute Gasteiger partial charge is 0.495 e. The van der Waals surface area contributed by atoms with E-state index in [2.05, 4.69) is 49.1 Å². The van der Waals surface area contributed by atoms with Crippen LogP contribution in [0.4, 0.5) is 16.2 Å². The smallest absolute Gasteiger partial charge is 0.334 e. The molecule has 0 saturated carbocycles. The number of aliphatic hydroxyl groups is 2. The van der Waals surface area contributed by atoms with Gasteiger partial charge in [0.15, 0.2) is 5.72 Å². The van der Waals surface area contributed by atoms with Crippen molar-refractivity contribution in [3.05, 3.63) is 88.5 Å². The summed E-state index contributed by atoms with van der Waals surface area (Å²) in [5.74, 6) is -3.75. The number of halogens is 2. The van der Waals surface area contributed by atoms with Crippen LogP contribution >= 0.6 is 27.5 Å². The highest BCUT2D eigenvalue weighted by Crippen LogP contribution is 2.47. The van der Waals surface area contributed by atoms with Crippen LogP contribution in [-0.2, 0) is 58.9 Å². The number of hydrogen-bond donors (Lipinski definition) is 8. The second-order valence-corrected chi connectivity index (χ2v) is 24.4. The maximum absolute atomic E-state index is 14.4. The molecule has 2 fully saturated rings. The normalized spacial score (nSPS) is 24.7. The first kappa shape index (κ1) is 71.5. The van der Waals surface area contributed by atoms with Crippen molar-refractivity contribution in [2.75, 3.05) is 50.4 Å². The fourth-order valence-electron chi connectivity index (χ4n) is 10.3. The number of epoxide rings is 1. The van der Waals surface area contributed by atoms with Gasteiger partial charge in [0.1, 0.15) is 52.6 Å². The van der Waals surface area contributed by atoms with Crippen molar-refractivity contribution in [2.45, 2.75) is 178 Å². The molecule has 24 nitrogen and oxygen atoms in total. The number of nitrogens with two attached hydrogens (primary N) is 1. The number of methoxy groups -OCH3 is 2. The standard InChI is InChI=1S/C61H86BrClN8O16/c1-34(2)51(66-41(33-72)17-14-24-59(6,7)87-55(77)36(4)32-62)53(75)68-43(18-15-25-65-57(64)79)52(74)67-40-22-20-39(21-23-40)54(76)70(9)37(5)56(78)85-47-30-49(73)71(10)44-27-38(28-45(82-11)50(44)63)26-35(3)16-13-19-46(83-12)61(81)31-42(84-58(80)69-61)29-48-60(47,8)86-48/h13,16,19-23,27-28,33-34,37,41-43,46-48,51,58,66,69,80-81H,4,14-15,17-18,24-26,29-32H2,1-3,5-12H3,(H,67,74)(H,68,75)(H3,64,65,79)/b19-13+,35-16+/t37-,41?,42+,43-,46+,47-,48-,51-,58?,60-,61-/m0/s1. The molecule has 9 N–H and O–H groups in total. The third-order valence-electron chi connectivity index (χ3n) is 15.7. The average molecular weight is 1300 g/mol. The minimum atomic E-state index is -1.80. The molecule has 3 heterocycles. The molecule has 2 aromatic carbocycles. The van der Waals surface area contributed by atoms with Gasteiger partial charge in [-0.3, -0.25) is 24.5 Å². The molecule has 0 spiro atoms. The summed E-state index contributed by atoms with van der Waals surface area (Å²) in [5, 5.41) is 36.9. The van der Waals surface area contributed by atoms with E-state index in [4.69, 9.17) is 45.8 Å². The summed E-state index contributed by atoms with van der Waals surface area (Å²) in [4.78, 5) is 109. The number of aliphatic hydroxyl groups excluding tert-OH is 1. The topological polar surface area (TPSA) is 328 Å². The number of urea groups is 1. The van der Waals surface area contributed by atoms with Crippen LogP contribution in [0.3, 0.4) is 0 Å². The lowest BCUT2D eigenvalue weighted by Gasteiger charge is -2.43. The number of alkyl halides is 1. The van der Waals surface area contributed by atoms with Gasteiger partial charge in [-0.15, -0.1) is 0 Å². The van der Waals surface area contributed by atoms with E-state index in [0.29, 0.717) is 43.4 Å². The van der Waals surface area contributed by atoms with Crippen LogP contribution in [0.25, 0.3) is 0 Å². The quantitative estimate of drug-likeness (QED) is 0.0157. The highest BCUT2D eigenvalue weighted by Gasteiger charge is 2.61. The summed E-state index contributed by atoms with van der Waals surface area (Å²) in [6, 6.07) is 4.48. The molecule has 26 heteroatoms. The van der Waals surface area contributed by atoms with Crippen LogP contribution in [-0.4, -0.2) is 175 Å². The number of allylic oxidation sites excluding steroid dienone is 3. The lowest BCUT2D eigenvalue weighted by atomic mass is 9.90. The van der Waals surface area contributed by atoms with Gasteiger partial charge in [0.25, 0.3) is 5.91 Å². The monoisotopic (exact) mass is 1300 g/mol. The van der Waals surface area contributed by atoms with Gasteiger partial charge in [-0.1, -0.05) is 71.8 Å². The van der Waals surface area contributed by atoms with Crippen LogP contribution in [0.5, 0.6) is 5.75 Å². The Morgan fingerprint density at radius 2 is 1.77 bits per heavy atom. The summed E-state index contributed by atoms with van der Waals surface area (Å²) in [7, 11) is 5.82. The molecular formula is C61H86BrClN8O16. The van der Waals surface area contributed by atoms with Crippen molar-refractivity contribution in [2.24, 2.45) is 11.7 Å². The zero-order valence-electron chi connectivity index (χ0n) is 51.4. The molecule has 0 aromatic heterocycles. The number of anilines is 2. The number of nitrogens with one attached hydrogen (secondary N) is 5. The summed E-state index contributed by atoms with van der Waals surface area (Å²) in [6.45, 7) is 15.9. The van der Waals surface area contributed by atoms with Gasteiger partial charge in [-0.05, 0) is 121 Å². The van der Waals surface area contributed by atoms with Crippen LogP contribution in [0.1, 0.15) is 116 Å². The summed E-state index contributed by atoms with van der Waals surface area (Å²) in [5.41, 5.74) is 3.91. The van der Waals surface area contributed by atoms with Crippen molar-refractivity contribution in [3.8, 4) is 5.75 Å². The number of aldehydes is 1. The SMILES string of the molecule is C=C(CBr)C(=O)OC(C)(C)CCCC(C=O)N[C@H](C(=O)N[C@@H](CCCNC(N)=O)C(=O)Nc1ccc(C(=O)N(C)[C@@H](C)C(=O)O[C@H]2CC(=O)N(C)c3cc(cc(OC)c3Cl)C/C(C)=C/C=C/[C@@H](OC)[C@@]3(O)C[C@@H](C[C@@H]4O[C@@]24C)OC(O)N3)cc1)C(C)C. The van der Waals surface area contributed by atoms with Gasteiger partial charge in [0, 0.05) is 62.7 Å². The summed E-state index contributed by atoms with van der Waals surface area (Å²) < 4.78 is 35.1. The van der Waals surface area contributed by atoms with Crippen molar-refractivity contribution in [3.63, 3.8) is 0 Å². The van der Waals surface area contributed by atoms with Crippen molar-refractivity contribution < 1.29 is 77.0 Å². The molecule has 11 atom stereocenters. The zero-order chi connectivity index (χ0) is 64.7. The number of nitrogens with zero attached hydrogens (tertiary/aromatic N) is 2. The van der Waals surface area contributed by atoms with E-state index in [1.165, 1.54) is 64.4 Å². The molecule has 87 heavy (non-hydrogen) atoms. The predicted octanol–water partition coefficient (Wildman–Crippen LogP) is 5.23. The Morgan fingerprint density at radius 3 is 2.39 bits per heavy atom. The van der Waals surface area contributed by atoms with Gasteiger partial charge < -0.3 is 74.9 Å². The Kier molecular flexibility index (Phi) is 26.1. The Morgan fingerprint density at radius 1 is 1.08 bits per heavy atom. The van der Waals surface area contributed by atoms with E-state index in [1.807, 2.05) is 13.0 Å². The number of carbonyl (C=O) groups is 8. The molecule has 480 valence electrons. The molecule has 3 aliphatic rings. The fraction of sp³-hybridized carbons (Fsp3) is 0.574. The predicted molar refractivity (Wildman–Crippen MR) is 329 cm³/mol.